The molecule has 0 bridgehead atoms. The van der Waals surface area contributed by atoms with Crippen molar-refractivity contribution in [2.24, 2.45) is 4.99 Å². The molecule has 6 nitrogen and oxygen atoms in total. The van der Waals surface area contributed by atoms with Gasteiger partial charge in [0.2, 0.25) is 0 Å². The van der Waals surface area contributed by atoms with Gasteiger partial charge in [-0.25, -0.2) is 4.99 Å². The Bertz CT molecular complexity index is 1100. The molecule has 2 aliphatic rings. The van der Waals surface area contributed by atoms with Crippen LogP contribution in [0.3, 0.4) is 0 Å². The van der Waals surface area contributed by atoms with Gasteiger partial charge < -0.3 is 19.9 Å². The number of allylic oxidation sites excluding steroid dienone is 1. The number of pyridine rings is 1. The van der Waals surface area contributed by atoms with Crippen molar-refractivity contribution in [1.82, 2.24) is 15.2 Å². The Morgan fingerprint density at radius 1 is 1.11 bits per heavy atom. The standard InChI is InChI=1S/C29H37N5O/c1-5-6-13-31-22(2)25-8-7-9-26(21-25)29(32-24(4)33-17-19-35-20-18-33)28-12-16-34(23(28)3)27-10-14-30-15-11-27/h7-11,14-15,21,31H,2-3,5-6,12-13,16-20H2,1,4H3/b29-28-,32-24?. The summed E-state index contributed by atoms with van der Waals surface area (Å²) in [7, 11) is 0. The first-order valence-electron chi connectivity index (χ1n) is 12.6. The van der Waals surface area contributed by atoms with Gasteiger partial charge in [0.05, 0.1) is 18.9 Å². The third-order valence-electron chi connectivity index (χ3n) is 6.62. The third-order valence-corrected chi connectivity index (χ3v) is 6.62. The van der Waals surface area contributed by atoms with Crippen LogP contribution < -0.4 is 10.2 Å². The zero-order chi connectivity index (χ0) is 24.6. The number of unbranched alkanes of at least 4 members (excludes halogenated alkanes) is 1. The molecule has 184 valence electrons. The van der Waals surface area contributed by atoms with Crippen LogP contribution in [-0.4, -0.2) is 55.1 Å². The summed E-state index contributed by atoms with van der Waals surface area (Å²) in [5.74, 6) is 1.01. The van der Waals surface area contributed by atoms with Crippen LogP contribution in [0.4, 0.5) is 5.69 Å². The molecule has 2 fully saturated rings. The van der Waals surface area contributed by atoms with Crippen molar-refractivity contribution < 1.29 is 4.74 Å². The van der Waals surface area contributed by atoms with E-state index in [0.29, 0.717) is 0 Å². The molecule has 0 radical (unpaired) electrons. The summed E-state index contributed by atoms with van der Waals surface area (Å²) in [6.45, 7) is 18.1. The van der Waals surface area contributed by atoms with E-state index in [9.17, 15) is 0 Å². The fraction of sp³-hybridized carbons (Fsp3) is 0.379. The minimum absolute atomic E-state index is 0.736. The van der Waals surface area contributed by atoms with Crippen LogP contribution in [0.5, 0.6) is 0 Å². The summed E-state index contributed by atoms with van der Waals surface area (Å²) in [5.41, 5.74) is 7.38. The highest BCUT2D eigenvalue weighted by Gasteiger charge is 2.26. The van der Waals surface area contributed by atoms with Gasteiger partial charge in [0.1, 0.15) is 5.84 Å². The Labute approximate surface area is 209 Å². The van der Waals surface area contributed by atoms with Crippen molar-refractivity contribution in [1.29, 1.82) is 0 Å². The Balaban J connectivity index is 1.71. The molecule has 0 aliphatic carbocycles. The van der Waals surface area contributed by atoms with Crippen molar-refractivity contribution in [3.05, 3.63) is 84.3 Å². The summed E-state index contributed by atoms with van der Waals surface area (Å²) in [6.07, 6.45) is 6.82. The molecule has 4 rings (SSSR count). The van der Waals surface area contributed by atoms with Crippen LogP contribution >= 0.6 is 0 Å². The smallest absolute Gasteiger partial charge is 0.102 e. The van der Waals surface area contributed by atoms with Gasteiger partial charge in [0, 0.05) is 66.8 Å². The molecular weight excluding hydrogens is 434 g/mol. The lowest BCUT2D eigenvalue weighted by Crippen LogP contribution is -2.39. The van der Waals surface area contributed by atoms with Gasteiger partial charge in [-0.1, -0.05) is 44.7 Å². The van der Waals surface area contributed by atoms with Crippen LogP contribution in [0.2, 0.25) is 0 Å². The molecular formula is C29H37N5O. The quantitative estimate of drug-likeness (QED) is 0.320. The van der Waals surface area contributed by atoms with Crippen LogP contribution in [0.15, 0.2) is 78.2 Å². The van der Waals surface area contributed by atoms with Gasteiger partial charge in [-0.15, -0.1) is 0 Å². The largest absolute Gasteiger partial charge is 0.385 e. The average molecular weight is 472 g/mol. The molecule has 35 heavy (non-hydrogen) atoms. The van der Waals surface area contributed by atoms with Crippen molar-refractivity contribution in [2.75, 3.05) is 44.3 Å². The summed E-state index contributed by atoms with van der Waals surface area (Å²) in [5, 5.41) is 3.47. The van der Waals surface area contributed by atoms with E-state index in [1.807, 2.05) is 24.5 Å². The number of aromatic nitrogens is 1. The molecule has 0 unspecified atom stereocenters. The zero-order valence-corrected chi connectivity index (χ0v) is 21.1. The molecule has 2 saturated heterocycles. The number of morpholine rings is 1. The van der Waals surface area contributed by atoms with E-state index in [-0.39, 0.29) is 0 Å². The summed E-state index contributed by atoms with van der Waals surface area (Å²) in [6, 6.07) is 12.6. The van der Waals surface area contributed by atoms with Gasteiger partial charge in [-0.2, -0.15) is 0 Å². The summed E-state index contributed by atoms with van der Waals surface area (Å²) >= 11 is 0. The number of ether oxygens (including phenoxy) is 1. The van der Waals surface area contributed by atoms with Gasteiger partial charge in [0.15, 0.2) is 0 Å². The second kappa shape index (κ2) is 11.8. The van der Waals surface area contributed by atoms with Crippen molar-refractivity contribution >= 4 is 22.9 Å². The first kappa shape index (κ1) is 24.7. The minimum atomic E-state index is 0.736. The van der Waals surface area contributed by atoms with Crippen molar-refractivity contribution in [3.8, 4) is 0 Å². The third kappa shape index (κ3) is 6.01. The highest BCUT2D eigenvalue weighted by atomic mass is 16.5. The summed E-state index contributed by atoms with van der Waals surface area (Å²) in [4.78, 5) is 13.9. The van der Waals surface area contributed by atoms with Gasteiger partial charge in [-0.3, -0.25) is 4.98 Å². The predicted molar refractivity (Wildman–Crippen MR) is 146 cm³/mol. The lowest BCUT2D eigenvalue weighted by atomic mass is 10.0. The maximum atomic E-state index is 5.55. The minimum Gasteiger partial charge on any atom is -0.385 e. The molecule has 6 heteroatoms. The molecule has 2 aromatic rings. The van der Waals surface area contributed by atoms with E-state index in [2.05, 4.69) is 71.4 Å². The first-order valence-corrected chi connectivity index (χ1v) is 12.6. The van der Waals surface area contributed by atoms with E-state index in [4.69, 9.17) is 9.73 Å². The normalized spacial score (nSPS) is 18.1. The fourth-order valence-corrected chi connectivity index (χ4v) is 4.53. The van der Waals surface area contributed by atoms with Crippen LogP contribution in [-0.2, 0) is 4.74 Å². The number of rotatable bonds is 8. The molecule has 1 aromatic heterocycles. The summed E-state index contributed by atoms with van der Waals surface area (Å²) < 4.78 is 5.55. The lowest BCUT2D eigenvalue weighted by Gasteiger charge is -2.28. The number of hydrogen-bond acceptors (Lipinski definition) is 5. The predicted octanol–water partition coefficient (Wildman–Crippen LogP) is 5.33. The second-order valence-corrected chi connectivity index (χ2v) is 8.98. The average Bonchev–Trinajstić information content (AvgIpc) is 3.29. The maximum Gasteiger partial charge on any atom is 0.102 e. The van der Waals surface area contributed by atoms with Gasteiger partial charge in [0.25, 0.3) is 0 Å². The first-order chi connectivity index (χ1) is 17.1. The number of nitrogens with zero attached hydrogens (tertiary/aromatic N) is 4. The number of nitrogens with one attached hydrogen (secondary N) is 1. The maximum absolute atomic E-state index is 5.55. The Morgan fingerprint density at radius 2 is 1.86 bits per heavy atom. The SMILES string of the molecule is C=C(NCCCC)c1cccc(/C(N=C(C)N2CCOCC2)=C2\CCN(c3ccncc3)C2=C)c1. The highest BCUT2D eigenvalue weighted by molar-refractivity contribution is 5.89. The number of benzene rings is 1. The van der Waals surface area contributed by atoms with E-state index in [1.165, 1.54) is 5.57 Å². The highest BCUT2D eigenvalue weighted by Crippen LogP contribution is 2.37. The van der Waals surface area contributed by atoms with Crippen LogP contribution in [0.25, 0.3) is 11.4 Å². The number of aliphatic imine (C=N–C) groups is 1. The van der Waals surface area contributed by atoms with E-state index in [0.717, 1.165) is 98.4 Å². The van der Waals surface area contributed by atoms with E-state index < -0.39 is 0 Å². The van der Waals surface area contributed by atoms with E-state index >= 15 is 0 Å². The zero-order valence-electron chi connectivity index (χ0n) is 21.1. The molecule has 3 heterocycles. The fourth-order valence-electron chi connectivity index (χ4n) is 4.53. The number of anilines is 1. The number of amidine groups is 1. The Hall–Kier alpha value is -3.38. The molecule has 0 atom stereocenters. The lowest BCUT2D eigenvalue weighted by molar-refractivity contribution is 0.0678. The molecule has 0 amide bonds. The Morgan fingerprint density at radius 3 is 2.60 bits per heavy atom. The van der Waals surface area contributed by atoms with Gasteiger partial charge >= 0.3 is 0 Å². The topological polar surface area (TPSA) is 53.0 Å². The monoisotopic (exact) mass is 471 g/mol. The number of hydrogen-bond donors (Lipinski definition) is 1. The Kier molecular flexibility index (Phi) is 8.37. The molecule has 0 saturated carbocycles. The molecule has 1 N–H and O–H groups in total. The van der Waals surface area contributed by atoms with Crippen molar-refractivity contribution in [2.45, 2.75) is 33.1 Å². The van der Waals surface area contributed by atoms with E-state index in [1.54, 1.807) is 0 Å². The molecule has 2 aliphatic heterocycles. The van der Waals surface area contributed by atoms with Crippen LogP contribution in [0, 0.1) is 0 Å². The molecule has 1 aromatic carbocycles. The second-order valence-electron chi connectivity index (χ2n) is 8.98. The molecule has 0 spiro atoms. The van der Waals surface area contributed by atoms with Crippen LogP contribution in [0.1, 0.15) is 44.2 Å². The van der Waals surface area contributed by atoms with Crippen molar-refractivity contribution in [3.63, 3.8) is 0 Å². The van der Waals surface area contributed by atoms with Gasteiger partial charge in [-0.05, 0) is 43.5 Å².